The summed E-state index contributed by atoms with van der Waals surface area (Å²) < 4.78 is 5.83. The molecule has 2 aromatic rings. The van der Waals surface area contributed by atoms with Crippen LogP contribution in [0, 0.1) is 11.3 Å². The van der Waals surface area contributed by atoms with Gasteiger partial charge in [0, 0.05) is 12.6 Å². The molecule has 0 bridgehead atoms. The lowest BCUT2D eigenvalue weighted by Crippen LogP contribution is -2.24. The Kier molecular flexibility index (Phi) is 3.03. The van der Waals surface area contributed by atoms with E-state index in [9.17, 15) is 0 Å². The molecule has 19 heavy (non-hydrogen) atoms. The molecule has 0 unspecified atom stereocenters. The molecule has 0 saturated carbocycles. The Morgan fingerprint density at radius 3 is 3.05 bits per heavy atom. The number of nitrogens with zero attached hydrogens (tertiary/aromatic N) is 2. The van der Waals surface area contributed by atoms with Gasteiger partial charge < -0.3 is 10.1 Å². The first-order chi connectivity index (χ1) is 9.36. The minimum Gasteiger partial charge on any atom is -0.488 e. The molecule has 1 aromatic carbocycles. The lowest BCUT2D eigenvalue weighted by Gasteiger charge is -2.12. The Labute approximate surface area is 111 Å². The number of anilines is 1. The highest BCUT2D eigenvalue weighted by Gasteiger charge is 2.22. The van der Waals surface area contributed by atoms with E-state index >= 15 is 0 Å². The Hall–Kier alpha value is -2.54. The fraction of sp³-hybridized carbons (Fsp3) is 0.200. The second-order valence-corrected chi connectivity index (χ2v) is 4.44. The second-order valence-electron chi connectivity index (χ2n) is 4.44. The van der Waals surface area contributed by atoms with Crippen molar-refractivity contribution in [3.05, 3.63) is 53.7 Å². The Morgan fingerprint density at radius 2 is 2.21 bits per heavy atom. The molecule has 4 nitrogen and oxygen atoms in total. The fourth-order valence-electron chi connectivity index (χ4n) is 2.21. The van der Waals surface area contributed by atoms with Gasteiger partial charge in [0.15, 0.2) is 0 Å². The highest BCUT2D eigenvalue weighted by Crippen LogP contribution is 2.28. The monoisotopic (exact) mass is 251 g/mol. The van der Waals surface area contributed by atoms with Crippen molar-refractivity contribution in [1.29, 1.82) is 5.26 Å². The summed E-state index contributed by atoms with van der Waals surface area (Å²) in [7, 11) is 0. The van der Waals surface area contributed by atoms with Crippen molar-refractivity contribution < 1.29 is 4.74 Å². The van der Waals surface area contributed by atoms with Crippen LogP contribution in [0.1, 0.15) is 11.1 Å². The van der Waals surface area contributed by atoms with E-state index in [4.69, 9.17) is 10.00 Å². The highest BCUT2D eigenvalue weighted by molar-refractivity contribution is 5.51. The number of nitriles is 1. The first kappa shape index (κ1) is 11.5. The summed E-state index contributed by atoms with van der Waals surface area (Å²) in [5.41, 5.74) is 1.79. The highest BCUT2D eigenvalue weighted by atomic mass is 16.5. The van der Waals surface area contributed by atoms with Crippen molar-refractivity contribution in [2.45, 2.75) is 12.5 Å². The van der Waals surface area contributed by atoms with Gasteiger partial charge in [0.25, 0.3) is 0 Å². The standard InChI is InChI=1S/C15H13N3O/c16-9-12-5-3-7-17-15(12)18-10-13-8-11-4-1-2-6-14(11)19-13/h1-7,13H,8,10H2,(H,17,18)/t13-/m0/s1. The van der Waals surface area contributed by atoms with Gasteiger partial charge in [-0.25, -0.2) is 4.98 Å². The van der Waals surface area contributed by atoms with Crippen molar-refractivity contribution in [3.63, 3.8) is 0 Å². The lowest BCUT2D eigenvalue weighted by molar-refractivity contribution is 0.246. The number of para-hydroxylation sites is 1. The van der Waals surface area contributed by atoms with Crippen molar-refractivity contribution in [3.8, 4) is 11.8 Å². The van der Waals surface area contributed by atoms with E-state index in [-0.39, 0.29) is 6.10 Å². The summed E-state index contributed by atoms with van der Waals surface area (Å²) in [6.07, 6.45) is 2.65. The van der Waals surface area contributed by atoms with Gasteiger partial charge in [0.05, 0.1) is 12.1 Å². The maximum atomic E-state index is 8.99. The van der Waals surface area contributed by atoms with Crippen LogP contribution < -0.4 is 10.1 Å². The normalized spacial score (nSPS) is 16.3. The zero-order valence-corrected chi connectivity index (χ0v) is 10.3. The first-order valence-electron chi connectivity index (χ1n) is 6.20. The average molecular weight is 251 g/mol. The second kappa shape index (κ2) is 4.99. The maximum absolute atomic E-state index is 8.99. The molecule has 0 amide bonds. The summed E-state index contributed by atoms with van der Waals surface area (Å²) in [5.74, 6) is 1.57. The van der Waals surface area contributed by atoms with Crippen molar-refractivity contribution in [1.82, 2.24) is 4.98 Å². The van der Waals surface area contributed by atoms with Gasteiger partial charge in [0.2, 0.25) is 0 Å². The van der Waals surface area contributed by atoms with Crippen molar-refractivity contribution >= 4 is 5.82 Å². The summed E-state index contributed by atoms with van der Waals surface area (Å²) >= 11 is 0. The number of nitrogens with one attached hydrogen (secondary N) is 1. The first-order valence-corrected chi connectivity index (χ1v) is 6.20. The van der Waals surface area contributed by atoms with Gasteiger partial charge in [-0.2, -0.15) is 5.26 Å². The number of fused-ring (bicyclic) bond motifs is 1. The molecule has 0 aliphatic carbocycles. The molecular formula is C15H13N3O. The number of hydrogen-bond acceptors (Lipinski definition) is 4. The third-order valence-electron chi connectivity index (χ3n) is 3.14. The van der Waals surface area contributed by atoms with E-state index in [1.165, 1.54) is 5.56 Å². The topological polar surface area (TPSA) is 57.9 Å². The van der Waals surface area contributed by atoms with Crippen LogP contribution in [-0.4, -0.2) is 17.6 Å². The zero-order valence-electron chi connectivity index (χ0n) is 10.3. The van der Waals surface area contributed by atoms with E-state index in [0.717, 1.165) is 12.2 Å². The van der Waals surface area contributed by atoms with Crippen LogP contribution in [0.15, 0.2) is 42.6 Å². The van der Waals surface area contributed by atoms with Crippen LogP contribution in [0.2, 0.25) is 0 Å². The van der Waals surface area contributed by atoms with E-state index in [2.05, 4.69) is 22.4 Å². The van der Waals surface area contributed by atoms with Crippen LogP contribution >= 0.6 is 0 Å². The molecule has 4 heteroatoms. The fourth-order valence-corrected chi connectivity index (χ4v) is 2.21. The summed E-state index contributed by atoms with van der Waals surface area (Å²) in [5, 5.41) is 12.2. The predicted molar refractivity (Wildman–Crippen MR) is 72.0 cm³/mol. The molecule has 1 aliphatic heterocycles. The molecular weight excluding hydrogens is 238 g/mol. The SMILES string of the molecule is N#Cc1cccnc1NC[C@@H]1Cc2ccccc2O1. The van der Waals surface area contributed by atoms with Crippen molar-refractivity contribution in [2.24, 2.45) is 0 Å². The van der Waals surface area contributed by atoms with Gasteiger partial charge in [-0.05, 0) is 23.8 Å². The molecule has 1 N–H and O–H groups in total. The molecule has 1 aliphatic rings. The third kappa shape index (κ3) is 2.36. The number of pyridine rings is 1. The molecule has 0 saturated heterocycles. The van der Waals surface area contributed by atoms with Gasteiger partial charge in [-0.1, -0.05) is 18.2 Å². The Bertz CT molecular complexity index is 608. The number of ether oxygens (including phenoxy) is 1. The number of hydrogen-bond donors (Lipinski definition) is 1. The minimum absolute atomic E-state index is 0.0888. The van der Waals surface area contributed by atoms with Crippen LogP contribution in [0.5, 0.6) is 5.75 Å². The van der Waals surface area contributed by atoms with E-state index < -0.39 is 0 Å². The molecule has 1 aromatic heterocycles. The molecule has 0 fully saturated rings. The quantitative estimate of drug-likeness (QED) is 0.909. The number of aromatic nitrogens is 1. The number of benzene rings is 1. The summed E-state index contributed by atoms with van der Waals surface area (Å²) in [6.45, 7) is 0.639. The molecule has 1 atom stereocenters. The van der Waals surface area contributed by atoms with Gasteiger partial charge in [-0.15, -0.1) is 0 Å². The molecule has 0 radical (unpaired) electrons. The Morgan fingerprint density at radius 1 is 1.32 bits per heavy atom. The molecule has 2 heterocycles. The molecule has 3 rings (SSSR count). The van der Waals surface area contributed by atoms with Crippen LogP contribution in [0.25, 0.3) is 0 Å². The smallest absolute Gasteiger partial charge is 0.144 e. The van der Waals surface area contributed by atoms with Gasteiger partial charge in [-0.3, -0.25) is 0 Å². The Balaban J connectivity index is 1.65. The molecule has 0 spiro atoms. The average Bonchev–Trinajstić information content (AvgIpc) is 2.88. The van der Waals surface area contributed by atoms with Gasteiger partial charge >= 0.3 is 0 Å². The van der Waals surface area contributed by atoms with Crippen LogP contribution in [-0.2, 0) is 6.42 Å². The summed E-state index contributed by atoms with van der Waals surface area (Å²) in [6, 6.07) is 13.7. The van der Waals surface area contributed by atoms with Crippen LogP contribution in [0.3, 0.4) is 0 Å². The van der Waals surface area contributed by atoms with Crippen LogP contribution in [0.4, 0.5) is 5.82 Å². The third-order valence-corrected chi connectivity index (χ3v) is 3.14. The largest absolute Gasteiger partial charge is 0.488 e. The minimum atomic E-state index is 0.0888. The molecule has 94 valence electrons. The number of rotatable bonds is 3. The van der Waals surface area contributed by atoms with E-state index in [1.807, 2.05) is 18.2 Å². The predicted octanol–water partition coefficient (Wildman–Crippen LogP) is 2.37. The van der Waals surface area contributed by atoms with E-state index in [1.54, 1.807) is 18.3 Å². The lowest BCUT2D eigenvalue weighted by atomic mass is 10.1. The zero-order chi connectivity index (χ0) is 13.1. The maximum Gasteiger partial charge on any atom is 0.144 e. The van der Waals surface area contributed by atoms with E-state index in [0.29, 0.717) is 17.9 Å². The van der Waals surface area contributed by atoms with Crippen molar-refractivity contribution in [2.75, 3.05) is 11.9 Å². The summed E-state index contributed by atoms with van der Waals surface area (Å²) in [4.78, 5) is 4.17. The van der Waals surface area contributed by atoms with Gasteiger partial charge in [0.1, 0.15) is 23.7 Å².